The van der Waals surface area contributed by atoms with Crippen molar-refractivity contribution in [2.24, 2.45) is 0 Å². The number of rotatable bonds is 3. The molecule has 1 aliphatic heterocycles. The van der Waals surface area contributed by atoms with Crippen LogP contribution in [-0.2, 0) is 0 Å². The van der Waals surface area contributed by atoms with Crippen molar-refractivity contribution in [2.75, 3.05) is 4.90 Å². The Labute approximate surface area is 239 Å². The van der Waals surface area contributed by atoms with Gasteiger partial charge >= 0.3 is 0 Å². The van der Waals surface area contributed by atoms with Gasteiger partial charge in [0.15, 0.2) is 0 Å². The topological polar surface area (TPSA) is 8.17 Å². The molecule has 8 rings (SSSR count). The summed E-state index contributed by atoms with van der Waals surface area (Å²) < 4.78 is 2.43. The molecular formula is C39H30N2. The minimum Gasteiger partial charge on any atom is -0.333 e. The van der Waals surface area contributed by atoms with Crippen molar-refractivity contribution >= 4 is 56.5 Å². The monoisotopic (exact) mass is 526 g/mol. The van der Waals surface area contributed by atoms with Gasteiger partial charge in [-0.15, -0.1) is 0 Å². The van der Waals surface area contributed by atoms with Crippen molar-refractivity contribution < 1.29 is 0 Å². The maximum Gasteiger partial charge on any atom is 0.0612 e. The molecule has 0 N–H and O–H groups in total. The average Bonchev–Trinajstić information content (AvgIpc) is 3.47. The molecule has 0 radical (unpaired) electrons. The Morgan fingerprint density at radius 1 is 0.561 bits per heavy atom. The third-order valence-corrected chi connectivity index (χ3v) is 8.88. The molecule has 0 fully saturated rings. The molecule has 0 saturated heterocycles. The van der Waals surface area contributed by atoms with Gasteiger partial charge < -0.3 is 9.47 Å². The van der Waals surface area contributed by atoms with Gasteiger partial charge in [0.2, 0.25) is 0 Å². The summed E-state index contributed by atoms with van der Waals surface area (Å²) in [6.07, 6.45) is 2.47. The van der Waals surface area contributed by atoms with Crippen LogP contribution in [0.3, 0.4) is 0 Å². The van der Waals surface area contributed by atoms with E-state index in [4.69, 9.17) is 0 Å². The lowest BCUT2D eigenvalue weighted by atomic mass is 9.96. The molecule has 0 spiro atoms. The molecule has 41 heavy (non-hydrogen) atoms. The highest BCUT2D eigenvalue weighted by molar-refractivity contribution is 5.98. The van der Waals surface area contributed by atoms with E-state index < -0.39 is 0 Å². The number of nitrogens with zero attached hydrogens (tertiary/aromatic N) is 2. The predicted octanol–water partition coefficient (Wildman–Crippen LogP) is 8.45. The molecule has 1 aliphatic rings. The number of fused-ring (bicyclic) bond motifs is 4. The second-order valence-corrected chi connectivity index (χ2v) is 11.1. The third kappa shape index (κ3) is 3.57. The highest BCUT2D eigenvalue weighted by Crippen LogP contribution is 2.47. The van der Waals surface area contributed by atoms with E-state index in [2.05, 4.69) is 163 Å². The fraction of sp³-hybridized carbons (Fsp3) is 0.0769. The largest absolute Gasteiger partial charge is 0.333 e. The van der Waals surface area contributed by atoms with E-state index in [0.29, 0.717) is 5.92 Å². The lowest BCUT2D eigenvalue weighted by Gasteiger charge is -2.29. The summed E-state index contributed by atoms with van der Waals surface area (Å²) in [6, 6.07) is 48.3. The van der Waals surface area contributed by atoms with Crippen LogP contribution >= 0.6 is 0 Å². The number of hydrogen-bond acceptors (Lipinski definition) is 1. The molecule has 2 atom stereocenters. The molecule has 0 aliphatic carbocycles. The van der Waals surface area contributed by atoms with E-state index >= 15 is 0 Å². The summed E-state index contributed by atoms with van der Waals surface area (Å²) in [5.74, 6) is 0.295. The smallest absolute Gasteiger partial charge is 0.0612 e. The van der Waals surface area contributed by atoms with Crippen LogP contribution in [0.1, 0.15) is 18.4 Å². The van der Waals surface area contributed by atoms with Crippen molar-refractivity contribution in [3.63, 3.8) is 0 Å². The first kappa shape index (κ1) is 23.8. The standard InChI is InChI=1S/C39H30N2/c1-26-30-17-7-9-21-34(30)40(36-23-11-15-28-13-3-5-19-32(28)36)38(26)25-39-27(2)31-18-8-10-22-35(31)41(39)37-24-12-16-29-14-4-6-20-33(29)37/h3-25,27,39H,1H2,2H3/b38-25+. The first-order chi connectivity index (χ1) is 20.2. The van der Waals surface area contributed by atoms with Crippen molar-refractivity contribution in [3.05, 3.63) is 150 Å². The quantitative estimate of drug-likeness (QED) is 0.224. The van der Waals surface area contributed by atoms with Crippen molar-refractivity contribution in [1.29, 1.82) is 0 Å². The SMILES string of the molecule is C=c1/c(=C\C2C(C)c3ccccc3N2c2cccc3ccccc23)n(-c2cccc3ccccc23)c2ccccc12. The van der Waals surface area contributed by atoms with Crippen LogP contribution in [0.15, 0.2) is 133 Å². The van der Waals surface area contributed by atoms with E-state index in [0.717, 1.165) is 10.6 Å². The molecule has 7 aromatic rings. The molecule has 2 heterocycles. The van der Waals surface area contributed by atoms with Crippen molar-refractivity contribution in [3.8, 4) is 5.69 Å². The fourth-order valence-electron chi connectivity index (χ4n) is 6.91. The minimum absolute atomic E-state index is 0.108. The lowest BCUT2D eigenvalue weighted by Crippen LogP contribution is -2.35. The number of aromatic nitrogens is 1. The van der Waals surface area contributed by atoms with Gasteiger partial charge in [-0.25, -0.2) is 0 Å². The van der Waals surface area contributed by atoms with E-state index in [9.17, 15) is 0 Å². The van der Waals surface area contributed by atoms with Crippen molar-refractivity contribution in [1.82, 2.24) is 4.57 Å². The number of hydrogen-bond donors (Lipinski definition) is 0. The average molecular weight is 527 g/mol. The van der Waals surface area contributed by atoms with Gasteiger partial charge in [-0.05, 0) is 46.7 Å². The summed E-state index contributed by atoms with van der Waals surface area (Å²) in [4.78, 5) is 2.55. The van der Waals surface area contributed by atoms with Crippen molar-refractivity contribution in [2.45, 2.75) is 18.9 Å². The maximum atomic E-state index is 4.67. The zero-order chi connectivity index (χ0) is 27.5. The molecule has 1 aromatic heterocycles. The van der Waals surface area contributed by atoms with Crippen LogP contribution in [0, 0.1) is 0 Å². The fourth-order valence-corrected chi connectivity index (χ4v) is 6.91. The molecule has 0 bridgehead atoms. The minimum atomic E-state index is 0.108. The first-order valence-electron chi connectivity index (χ1n) is 14.3. The molecule has 196 valence electrons. The van der Waals surface area contributed by atoms with Gasteiger partial charge in [0.1, 0.15) is 0 Å². The number of anilines is 2. The third-order valence-electron chi connectivity index (χ3n) is 8.88. The Kier molecular flexibility index (Phi) is 5.36. The van der Waals surface area contributed by atoms with E-state index in [1.165, 1.54) is 55.1 Å². The summed E-state index contributed by atoms with van der Waals surface area (Å²) in [5, 5.41) is 8.39. The second-order valence-electron chi connectivity index (χ2n) is 11.1. The zero-order valence-electron chi connectivity index (χ0n) is 23.0. The van der Waals surface area contributed by atoms with Crippen LogP contribution in [-0.4, -0.2) is 10.6 Å². The van der Waals surface area contributed by atoms with E-state index in [-0.39, 0.29) is 6.04 Å². The number of benzene rings is 6. The Bertz CT molecular complexity index is 2210. The van der Waals surface area contributed by atoms with Crippen LogP contribution < -0.4 is 15.5 Å². The summed E-state index contributed by atoms with van der Waals surface area (Å²) in [6.45, 7) is 7.03. The van der Waals surface area contributed by atoms with Crippen LogP contribution in [0.4, 0.5) is 11.4 Å². The van der Waals surface area contributed by atoms with E-state index in [1.807, 2.05) is 0 Å². The molecular weight excluding hydrogens is 496 g/mol. The Morgan fingerprint density at radius 3 is 1.85 bits per heavy atom. The highest BCUT2D eigenvalue weighted by atomic mass is 15.2. The Hall–Kier alpha value is -5.08. The Morgan fingerprint density at radius 2 is 1.10 bits per heavy atom. The summed E-state index contributed by atoms with van der Waals surface area (Å²) in [5.41, 5.74) is 6.25. The maximum absolute atomic E-state index is 4.67. The number of para-hydroxylation sites is 2. The highest BCUT2D eigenvalue weighted by Gasteiger charge is 2.36. The van der Waals surface area contributed by atoms with Gasteiger partial charge in [0.25, 0.3) is 0 Å². The van der Waals surface area contributed by atoms with Crippen LogP contribution in [0.25, 0.3) is 50.8 Å². The van der Waals surface area contributed by atoms with Gasteiger partial charge in [0, 0.05) is 38.7 Å². The first-order valence-corrected chi connectivity index (χ1v) is 14.3. The Balaban J connectivity index is 1.45. The van der Waals surface area contributed by atoms with Gasteiger partial charge in [-0.1, -0.05) is 123 Å². The molecule has 0 saturated carbocycles. The molecule has 2 heteroatoms. The summed E-state index contributed by atoms with van der Waals surface area (Å²) >= 11 is 0. The molecule has 2 nitrogen and oxygen atoms in total. The molecule has 6 aromatic carbocycles. The van der Waals surface area contributed by atoms with Gasteiger partial charge in [-0.2, -0.15) is 0 Å². The zero-order valence-corrected chi connectivity index (χ0v) is 23.0. The predicted molar refractivity (Wildman–Crippen MR) is 175 cm³/mol. The molecule has 2 unspecified atom stereocenters. The second kappa shape index (κ2) is 9.25. The normalized spacial score (nSPS) is 17.1. The summed E-state index contributed by atoms with van der Waals surface area (Å²) in [7, 11) is 0. The van der Waals surface area contributed by atoms with Crippen LogP contribution in [0.5, 0.6) is 0 Å². The molecule has 0 amide bonds. The van der Waals surface area contributed by atoms with Gasteiger partial charge in [-0.3, -0.25) is 0 Å². The lowest BCUT2D eigenvalue weighted by molar-refractivity contribution is 0.721. The van der Waals surface area contributed by atoms with Gasteiger partial charge in [0.05, 0.1) is 22.6 Å². The van der Waals surface area contributed by atoms with Crippen LogP contribution in [0.2, 0.25) is 0 Å². The van der Waals surface area contributed by atoms with E-state index in [1.54, 1.807) is 0 Å².